The Labute approximate surface area is 741 Å². The summed E-state index contributed by atoms with van der Waals surface area (Å²) in [6.07, 6.45) is -5.47. The standard InChI is InChI=1S/C84H119N17O28/c1-8-45(4)70(82(127)94-57(37-51-22-26-53(107)27-23-51)76(121)90-55(34-44(2)3)75(120)92-59(38-68(114)115)74(119)88-46(5)16-12-14-31-85)99-81(126)62(43-103)96-77(122)56(36-50-20-24-52(106)25-21-50)91-78(123)60(39-69(116)117)93-80(125)61(42-102)97-84(129)72(48(7)105)100-79(124)58(35-49-17-10-9-11-18-49)95-83(128)71(47(6)104)98-64(109)40-87-73(118)54(28-29-67(112)113)89-63(108)30-32-86-65(110)41-101-33-15-13-19-66(101)111/h9-11,13,15,17-27,33,44-48,54-62,70-72,102-107H,8,12,14,16,28-32,34-43,85H2,1-7H3,(H,86,110)(H,87,118)(H,88,119)(H,89,108)(H,90,121)(H,91,123)(H,92,120)(H,93,125)(H,94,127)(H,95,128)(H,96,122)(H,97,129)(H,98,109)(H,99,126)(H,100,124)(H,112,113)(H,114,115)(H,116,117)/t45-,46+,47+,48+,54-,55-,56-,57-,58-,59-,60-,61-,62-,70-,71-,72-/m0/s1. The highest BCUT2D eigenvalue weighted by Crippen LogP contribution is 2.18. The minimum absolute atomic E-state index is 0.0795. The second-order valence-corrected chi connectivity index (χ2v) is 31.2. The Balaban J connectivity index is 1.54. The molecule has 0 aliphatic heterocycles. The number of aliphatic hydroxyl groups is 4. The number of phenolic OH excluding ortho intramolecular Hbond substituents is 2. The molecule has 0 radical (unpaired) electrons. The summed E-state index contributed by atoms with van der Waals surface area (Å²) >= 11 is 0. The molecule has 26 N–H and O–H groups in total. The topological polar surface area (TPSA) is 718 Å². The molecule has 0 unspecified atom stereocenters. The van der Waals surface area contributed by atoms with Crippen LogP contribution in [0.5, 0.6) is 11.5 Å². The normalized spacial score (nSPS) is 14.8. The fourth-order valence-electron chi connectivity index (χ4n) is 12.7. The van der Waals surface area contributed by atoms with Crippen molar-refractivity contribution in [1.82, 2.24) is 84.3 Å². The molecule has 45 heteroatoms. The van der Waals surface area contributed by atoms with E-state index in [4.69, 9.17) is 5.73 Å². The summed E-state index contributed by atoms with van der Waals surface area (Å²) in [5.41, 5.74) is 6.02. The fraction of sp³-hybridized carbons (Fsp3) is 0.512. The lowest BCUT2D eigenvalue weighted by Crippen LogP contribution is -2.63. The molecule has 0 saturated carbocycles. The van der Waals surface area contributed by atoms with Gasteiger partial charge in [0.2, 0.25) is 88.6 Å². The van der Waals surface area contributed by atoms with E-state index in [1.807, 2.05) is 0 Å². The van der Waals surface area contributed by atoms with Crippen molar-refractivity contribution >= 4 is 107 Å². The number of carbonyl (C=O) groups is 18. The van der Waals surface area contributed by atoms with Crippen LogP contribution in [0.1, 0.15) is 129 Å². The molecule has 4 rings (SSSR count). The summed E-state index contributed by atoms with van der Waals surface area (Å²) in [7, 11) is 0. The smallest absolute Gasteiger partial charge is 0.305 e. The zero-order valence-corrected chi connectivity index (χ0v) is 72.4. The van der Waals surface area contributed by atoms with Crippen molar-refractivity contribution in [2.24, 2.45) is 17.6 Å². The van der Waals surface area contributed by atoms with E-state index >= 15 is 0 Å². The molecule has 45 nitrogen and oxygen atoms in total. The van der Waals surface area contributed by atoms with Gasteiger partial charge in [0, 0.05) is 57.0 Å². The molecule has 0 fully saturated rings. The number of aliphatic hydroxyl groups excluding tert-OH is 4. The number of nitrogens with two attached hydrogens (primary N) is 1. The Morgan fingerprint density at radius 1 is 0.388 bits per heavy atom. The number of hydrogen-bond acceptors (Lipinski definition) is 26. The number of carboxylic acids is 3. The van der Waals surface area contributed by atoms with Crippen molar-refractivity contribution in [1.29, 1.82) is 0 Å². The number of carboxylic acid groups (broad SMARTS) is 3. The average molecular weight is 1810 g/mol. The number of aromatic hydroxyl groups is 2. The maximum atomic E-state index is 14.7. The summed E-state index contributed by atoms with van der Waals surface area (Å²) in [5, 5.41) is 128. The molecule has 0 bridgehead atoms. The van der Waals surface area contributed by atoms with E-state index in [1.165, 1.54) is 92.0 Å². The number of unbranched alkanes of at least 4 members (excludes halogenated alkanes) is 1. The Morgan fingerprint density at radius 2 is 0.798 bits per heavy atom. The molecule has 15 amide bonds. The Hall–Kier alpha value is -13.5. The molecule has 0 aliphatic rings. The highest BCUT2D eigenvalue weighted by molar-refractivity contribution is 6.01. The van der Waals surface area contributed by atoms with Crippen LogP contribution < -0.4 is 91.0 Å². The average Bonchev–Trinajstić information content (AvgIpc) is 0.836. The maximum absolute atomic E-state index is 14.7. The van der Waals surface area contributed by atoms with E-state index in [1.54, 1.807) is 45.9 Å². The molecule has 3 aromatic carbocycles. The Bertz CT molecular complexity index is 4540. The number of nitrogens with one attached hydrogen (secondary N) is 15. The lowest BCUT2D eigenvalue weighted by molar-refractivity contribution is -0.142. The molecule has 1 aromatic heterocycles. The van der Waals surface area contributed by atoms with Crippen LogP contribution in [0.3, 0.4) is 0 Å². The third kappa shape index (κ3) is 39.1. The first kappa shape index (κ1) is 108. The van der Waals surface area contributed by atoms with E-state index in [9.17, 15) is 137 Å². The van der Waals surface area contributed by atoms with Gasteiger partial charge < -0.3 is 136 Å². The molecule has 129 heavy (non-hydrogen) atoms. The minimum Gasteiger partial charge on any atom is -0.508 e. The fourth-order valence-corrected chi connectivity index (χ4v) is 12.7. The van der Waals surface area contributed by atoms with Crippen LogP contribution in [0.15, 0.2) is 108 Å². The van der Waals surface area contributed by atoms with Crippen molar-refractivity contribution in [2.45, 2.75) is 229 Å². The van der Waals surface area contributed by atoms with Crippen molar-refractivity contribution < 1.29 is 132 Å². The first-order valence-electron chi connectivity index (χ1n) is 41.6. The number of amides is 15. The van der Waals surface area contributed by atoms with Crippen molar-refractivity contribution in [3.8, 4) is 11.5 Å². The number of carbonyl (C=O) groups excluding carboxylic acids is 15. The summed E-state index contributed by atoms with van der Waals surface area (Å²) in [4.78, 5) is 257. The van der Waals surface area contributed by atoms with Gasteiger partial charge in [0.25, 0.3) is 5.56 Å². The lowest BCUT2D eigenvalue weighted by atomic mass is 9.96. The third-order valence-electron chi connectivity index (χ3n) is 20.0. The maximum Gasteiger partial charge on any atom is 0.305 e. The van der Waals surface area contributed by atoms with Crippen molar-refractivity contribution in [2.75, 3.05) is 32.8 Å². The van der Waals surface area contributed by atoms with Gasteiger partial charge in [-0.25, -0.2) is 0 Å². The van der Waals surface area contributed by atoms with Gasteiger partial charge in [0.05, 0.1) is 44.8 Å². The number of pyridine rings is 1. The predicted molar refractivity (Wildman–Crippen MR) is 457 cm³/mol. The zero-order chi connectivity index (χ0) is 96.3. The summed E-state index contributed by atoms with van der Waals surface area (Å²) in [6.45, 7) is 6.51. The van der Waals surface area contributed by atoms with Crippen LogP contribution >= 0.6 is 0 Å². The van der Waals surface area contributed by atoms with Crippen LogP contribution in [0.2, 0.25) is 0 Å². The van der Waals surface area contributed by atoms with Gasteiger partial charge >= 0.3 is 17.9 Å². The van der Waals surface area contributed by atoms with E-state index in [0.717, 1.165) is 18.4 Å². The monoisotopic (exact) mass is 1810 g/mol. The minimum atomic E-state index is -2.23. The van der Waals surface area contributed by atoms with Gasteiger partial charge in [0.15, 0.2) is 0 Å². The first-order valence-corrected chi connectivity index (χ1v) is 41.6. The lowest BCUT2D eigenvalue weighted by Gasteiger charge is -2.30. The molecule has 16 atom stereocenters. The zero-order valence-electron chi connectivity index (χ0n) is 72.4. The van der Waals surface area contributed by atoms with Gasteiger partial charge in [-0.15, -0.1) is 0 Å². The van der Waals surface area contributed by atoms with Gasteiger partial charge in [-0.1, -0.05) is 101 Å². The summed E-state index contributed by atoms with van der Waals surface area (Å²) in [5.74, 6) is -23.1. The number of hydrogen-bond donors (Lipinski definition) is 25. The summed E-state index contributed by atoms with van der Waals surface area (Å²) < 4.78 is 1.10. The predicted octanol–water partition coefficient (Wildman–Crippen LogP) is -6.29. The van der Waals surface area contributed by atoms with Gasteiger partial charge in [-0.05, 0) is 112 Å². The first-order chi connectivity index (χ1) is 60.9. The van der Waals surface area contributed by atoms with E-state index in [0.29, 0.717) is 36.9 Å². The van der Waals surface area contributed by atoms with Crippen LogP contribution in [-0.4, -0.2) is 281 Å². The molecule has 1 heterocycles. The van der Waals surface area contributed by atoms with E-state index in [2.05, 4.69) is 79.8 Å². The van der Waals surface area contributed by atoms with Crippen LogP contribution in [0.4, 0.5) is 0 Å². The van der Waals surface area contributed by atoms with Crippen LogP contribution in [-0.2, 0) is 112 Å². The second-order valence-electron chi connectivity index (χ2n) is 31.2. The largest absolute Gasteiger partial charge is 0.508 e. The van der Waals surface area contributed by atoms with E-state index in [-0.39, 0.29) is 55.3 Å². The Kier molecular flexibility index (Phi) is 46.1. The number of aromatic nitrogens is 1. The number of nitrogens with zero attached hydrogens (tertiary/aromatic N) is 1. The van der Waals surface area contributed by atoms with Gasteiger partial charge in [0.1, 0.15) is 90.5 Å². The van der Waals surface area contributed by atoms with Crippen molar-refractivity contribution in [3.05, 3.63) is 130 Å². The van der Waals surface area contributed by atoms with Gasteiger partial charge in [-0.3, -0.25) is 91.1 Å². The molecule has 4 aromatic rings. The molecular weight excluding hydrogens is 1700 g/mol. The number of rotatable bonds is 57. The number of benzene rings is 3. The SMILES string of the molecule is CC[C@H](C)[C@H](NC(=O)[C@H](CO)NC(=O)[C@H](Cc1ccc(O)cc1)NC(=O)[C@H](CC(=O)O)NC(=O)[C@H](CO)NC(=O)[C@@H](NC(=O)[C@H](Cc1ccccc1)NC(=O)[C@@H](NC(=O)CNC(=O)[C@H](CCC(=O)O)NC(=O)CCNC(=O)Cn1ccccc1=O)[C@@H](C)O)[C@@H](C)O)C(=O)N[C@@H](Cc1ccc(O)cc1)C(=O)N[C@@H](CC(C)C)C(=O)N[C@@H](CC(=O)O)C(=O)N[C@H](C)CCCCN. The number of phenols is 2. The van der Waals surface area contributed by atoms with Crippen molar-refractivity contribution in [3.63, 3.8) is 0 Å². The third-order valence-corrected chi connectivity index (χ3v) is 20.0. The Morgan fingerprint density at radius 3 is 1.27 bits per heavy atom. The highest BCUT2D eigenvalue weighted by Gasteiger charge is 2.40. The van der Waals surface area contributed by atoms with Crippen LogP contribution in [0, 0.1) is 11.8 Å². The van der Waals surface area contributed by atoms with E-state index < -0.39 is 273 Å². The van der Waals surface area contributed by atoms with Crippen LogP contribution in [0.25, 0.3) is 0 Å². The van der Waals surface area contributed by atoms with Gasteiger partial charge in [-0.2, -0.15) is 0 Å². The molecule has 0 aliphatic carbocycles. The number of aliphatic carboxylic acids is 3. The second kappa shape index (κ2) is 55.2. The molecule has 708 valence electrons. The molecular formula is C84H119N17O28. The quantitative estimate of drug-likeness (QED) is 0.0183. The molecule has 0 spiro atoms. The summed E-state index contributed by atoms with van der Waals surface area (Å²) in [6, 6.07) is -0.120. The highest BCUT2D eigenvalue weighted by atomic mass is 16.4. The molecule has 0 saturated heterocycles.